The summed E-state index contributed by atoms with van der Waals surface area (Å²) >= 11 is 1.81. The van der Waals surface area contributed by atoms with Crippen molar-refractivity contribution in [2.24, 2.45) is 0 Å². The molecule has 0 saturated carbocycles. The summed E-state index contributed by atoms with van der Waals surface area (Å²) in [6.07, 6.45) is 3.40. The van der Waals surface area contributed by atoms with Crippen LogP contribution in [0.25, 0.3) is 0 Å². The highest BCUT2D eigenvalue weighted by atomic mass is 32.1. The Morgan fingerprint density at radius 1 is 1.04 bits per heavy atom. The van der Waals surface area contributed by atoms with Crippen LogP contribution < -0.4 is 4.90 Å². The van der Waals surface area contributed by atoms with Gasteiger partial charge in [0.2, 0.25) is 0 Å². The molecule has 1 aromatic heterocycles. The van der Waals surface area contributed by atoms with Gasteiger partial charge in [-0.1, -0.05) is 37.3 Å². The van der Waals surface area contributed by atoms with Crippen molar-refractivity contribution in [2.75, 3.05) is 57.8 Å². The van der Waals surface area contributed by atoms with Crippen LogP contribution in [0.1, 0.15) is 24.6 Å². The Balaban J connectivity index is 1.39. The monoisotopic (exact) mass is 372 g/mol. The van der Waals surface area contributed by atoms with Crippen LogP contribution in [-0.2, 0) is 12.8 Å². The van der Waals surface area contributed by atoms with Gasteiger partial charge in [0, 0.05) is 51.1 Å². The van der Waals surface area contributed by atoms with E-state index in [0.29, 0.717) is 0 Å². The van der Waals surface area contributed by atoms with Crippen LogP contribution in [0.3, 0.4) is 0 Å². The fraction of sp³-hybridized carbons (Fsp3) is 0.571. The third kappa shape index (κ3) is 5.79. The second-order valence-corrected chi connectivity index (χ2v) is 8.08. The van der Waals surface area contributed by atoms with E-state index in [-0.39, 0.29) is 0 Å². The first-order valence-electron chi connectivity index (χ1n) is 9.89. The lowest BCUT2D eigenvalue weighted by molar-refractivity contribution is 0.258. The van der Waals surface area contributed by atoms with E-state index < -0.39 is 0 Å². The summed E-state index contributed by atoms with van der Waals surface area (Å²) in [5, 5.41) is 3.46. The molecule has 0 N–H and O–H groups in total. The normalized spacial score (nSPS) is 15.7. The van der Waals surface area contributed by atoms with Crippen molar-refractivity contribution >= 4 is 16.5 Å². The van der Waals surface area contributed by atoms with E-state index in [4.69, 9.17) is 4.98 Å². The average molecular weight is 373 g/mol. The molecule has 26 heavy (non-hydrogen) atoms. The Kier molecular flexibility index (Phi) is 7.47. The van der Waals surface area contributed by atoms with Gasteiger partial charge in [0.25, 0.3) is 0 Å². The van der Waals surface area contributed by atoms with Gasteiger partial charge in [0.05, 0.1) is 5.69 Å². The quantitative estimate of drug-likeness (QED) is 0.673. The molecule has 1 aliphatic rings. The number of rotatable bonds is 9. The molecule has 0 amide bonds. The van der Waals surface area contributed by atoms with Crippen LogP contribution in [0.15, 0.2) is 35.7 Å². The summed E-state index contributed by atoms with van der Waals surface area (Å²) < 4.78 is 0. The Bertz CT molecular complexity index is 634. The molecule has 3 rings (SSSR count). The summed E-state index contributed by atoms with van der Waals surface area (Å²) in [7, 11) is 2.21. The van der Waals surface area contributed by atoms with Gasteiger partial charge in [-0.25, -0.2) is 4.98 Å². The highest BCUT2D eigenvalue weighted by molar-refractivity contribution is 7.13. The number of thiazole rings is 1. The fourth-order valence-electron chi connectivity index (χ4n) is 3.42. The smallest absolute Gasteiger partial charge is 0.185 e. The molecule has 0 bridgehead atoms. The Labute approximate surface area is 162 Å². The van der Waals surface area contributed by atoms with Gasteiger partial charge in [-0.2, -0.15) is 0 Å². The van der Waals surface area contributed by atoms with E-state index in [2.05, 4.69) is 64.4 Å². The van der Waals surface area contributed by atoms with Gasteiger partial charge in [-0.05, 0) is 32.0 Å². The zero-order chi connectivity index (χ0) is 18.2. The first kappa shape index (κ1) is 19.3. The van der Waals surface area contributed by atoms with Gasteiger partial charge in [0.15, 0.2) is 5.13 Å². The molecule has 0 atom stereocenters. The highest BCUT2D eigenvalue weighted by Gasteiger charge is 2.18. The second kappa shape index (κ2) is 10.0. The van der Waals surface area contributed by atoms with E-state index in [0.717, 1.165) is 39.0 Å². The van der Waals surface area contributed by atoms with Crippen molar-refractivity contribution in [3.63, 3.8) is 0 Å². The number of piperazine rings is 1. The van der Waals surface area contributed by atoms with Gasteiger partial charge in [-0.15, -0.1) is 11.3 Å². The molecular formula is C21H32N4S. The molecule has 0 spiro atoms. The van der Waals surface area contributed by atoms with Crippen molar-refractivity contribution in [2.45, 2.75) is 26.2 Å². The first-order valence-corrected chi connectivity index (χ1v) is 10.8. The van der Waals surface area contributed by atoms with Crippen LogP contribution in [-0.4, -0.2) is 67.6 Å². The zero-order valence-electron chi connectivity index (χ0n) is 16.2. The third-order valence-corrected chi connectivity index (χ3v) is 6.05. The van der Waals surface area contributed by atoms with E-state index in [1.165, 1.54) is 42.4 Å². The molecule has 2 heterocycles. The Morgan fingerprint density at radius 3 is 2.50 bits per heavy atom. The molecule has 2 aromatic rings. The minimum Gasteiger partial charge on any atom is -0.346 e. The average Bonchev–Trinajstić information content (AvgIpc) is 3.15. The topological polar surface area (TPSA) is 22.6 Å². The number of likely N-dealkylation sites (N-methyl/N-ethyl adjacent to an activating group) is 1. The number of hydrogen-bond donors (Lipinski definition) is 0. The Hall–Kier alpha value is -1.43. The van der Waals surface area contributed by atoms with Crippen LogP contribution in [0, 0.1) is 0 Å². The van der Waals surface area contributed by atoms with E-state index in [9.17, 15) is 0 Å². The van der Waals surface area contributed by atoms with Crippen LogP contribution >= 0.6 is 11.3 Å². The van der Waals surface area contributed by atoms with Gasteiger partial charge >= 0.3 is 0 Å². The number of aromatic nitrogens is 1. The highest BCUT2D eigenvalue weighted by Crippen LogP contribution is 2.22. The largest absolute Gasteiger partial charge is 0.346 e. The lowest BCUT2D eigenvalue weighted by Gasteiger charge is -2.34. The van der Waals surface area contributed by atoms with Crippen molar-refractivity contribution in [3.8, 4) is 0 Å². The minimum absolute atomic E-state index is 1.04. The van der Waals surface area contributed by atoms with Crippen molar-refractivity contribution in [1.82, 2.24) is 14.8 Å². The van der Waals surface area contributed by atoms with E-state index >= 15 is 0 Å². The third-order valence-electron chi connectivity index (χ3n) is 5.10. The van der Waals surface area contributed by atoms with Crippen LogP contribution in [0.5, 0.6) is 0 Å². The summed E-state index contributed by atoms with van der Waals surface area (Å²) in [5.41, 5.74) is 2.66. The van der Waals surface area contributed by atoms with Crippen LogP contribution in [0.4, 0.5) is 5.13 Å². The van der Waals surface area contributed by atoms with Crippen molar-refractivity contribution < 1.29 is 0 Å². The molecule has 0 radical (unpaired) electrons. The predicted octanol–water partition coefficient (Wildman–Crippen LogP) is 3.39. The zero-order valence-corrected chi connectivity index (χ0v) is 17.0. The molecule has 1 saturated heterocycles. The standard InChI is InChI=1S/C21H32N4S/c1-3-11-24-14-16-25(17-15-24)21-22-20(18-26-21)10-13-23(2)12-9-19-7-5-4-6-8-19/h4-8,18H,3,9-17H2,1-2H3. The molecule has 1 fully saturated rings. The number of hydrogen-bond acceptors (Lipinski definition) is 5. The Morgan fingerprint density at radius 2 is 1.77 bits per heavy atom. The SMILES string of the molecule is CCCN1CCN(c2nc(CCN(C)CCc3ccccc3)cs2)CC1. The summed E-state index contributed by atoms with van der Waals surface area (Å²) in [5.74, 6) is 0. The van der Waals surface area contributed by atoms with Gasteiger partial charge in [0.1, 0.15) is 0 Å². The first-order chi connectivity index (χ1) is 12.7. The molecule has 1 aromatic carbocycles. The second-order valence-electron chi connectivity index (χ2n) is 7.24. The van der Waals surface area contributed by atoms with Gasteiger partial charge < -0.3 is 9.80 Å². The maximum atomic E-state index is 4.89. The molecule has 0 aliphatic carbocycles. The summed E-state index contributed by atoms with van der Waals surface area (Å²) in [6, 6.07) is 10.7. The van der Waals surface area contributed by atoms with Gasteiger partial charge in [-0.3, -0.25) is 4.90 Å². The van der Waals surface area contributed by atoms with Crippen molar-refractivity contribution in [1.29, 1.82) is 0 Å². The molecule has 5 heteroatoms. The predicted molar refractivity (Wildman–Crippen MR) is 112 cm³/mol. The summed E-state index contributed by atoms with van der Waals surface area (Å²) in [6.45, 7) is 10.2. The number of nitrogens with zero attached hydrogens (tertiary/aromatic N) is 4. The number of anilines is 1. The van der Waals surface area contributed by atoms with E-state index in [1.807, 2.05) is 11.3 Å². The maximum Gasteiger partial charge on any atom is 0.185 e. The molecule has 4 nitrogen and oxygen atoms in total. The minimum atomic E-state index is 1.04. The van der Waals surface area contributed by atoms with E-state index in [1.54, 1.807) is 0 Å². The lowest BCUT2D eigenvalue weighted by atomic mass is 10.1. The number of benzene rings is 1. The molecule has 142 valence electrons. The maximum absolute atomic E-state index is 4.89. The summed E-state index contributed by atoms with van der Waals surface area (Å²) in [4.78, 5) is 12.3. The molecule has 0 unspecified atom stereocenters. The van der Waals surface area contributed by atoms with Crippen LogP contribution in [0.2, 0.25) is 0 Å². The van der Waals surface area contributed by atoms with Crippen molar-refractivity contribution in [3.05, 3.63) is 47.0 Å². The molecular weight excluding hydrogens is 340 g/mol. The molecule has 1 aliphatic heterocycles. The lowest BCUT2D eigenvalue weighted by Crippen LogP contribution is -2.46. The fourth-order valence-corrected chi connectivity index (χ4v) is 4.33.